The molecule has 0 bridgehead atoms. The van der Waals surface area contributed by atoms with E-state index in [9.17, 15) is 10.1 Å². The number of hydrogen-bond acceptors (Lipinski definition) is 4. The first-order chi connectivity index (χ1) is 7.67. The first-order valence-electron chi connectivity index (χ1n) is 5.22. The molecule has 0 heterocycles. The van der Waals surface area contributed by atoms with Crippen LogP contribution in [-0.4, -0.2) is 23.8 Å². The predicted molar refractivity (Wildman–Crippen MR) is 67.0 cm³/mol. The molecule has 1 aromatic rings. The maximum atomic E-state index is 10.5. The molecular weight excluding hydrogens is 224 g/mol. The van der Waals surface area contributed by atoms with Crippen molar-refractivity contribution in [3.8, 4) is 0 Å². The van der Waals surface area contributed by atoms with Gasteiger partial charge < -0.3 is 5.32 Å². The van der Waals surface area contributed by atoms with Crippen LogP contribution in [0.5, 0.6) is 0 Å². The Morgan fingerprint density at radius 1 is 1.44 bits per heavy atom. The van der Waals surface area contributed by atoms with Crippen LogP contribution in [0.2, 0.25) is 0 Å². The highest BCUT2D eigenvalue weighted by Crippen LogP contribution is 2.22. The SMILES string of the molecule is CCC(CSc1ccc([N+](=O)[O-])cc1)NC. The van der Waals surface area contributed by atoms with E-state index in [2.05, 4.69) is 12.2 Å². The highest BCUT2D eigenvalue weighted by atomic mass is 32.2. The molecule has 0 aliphatic heterocycles. The molecule has 16 heavy (non-hydrogen) atoms. The van der Waals surface area contributed by atoms with Crippen molar-refractivity contribution >= 4 is 17.4 Å². The van der Waals surface area contributed by atoms with Crippen molar-refractivity contribution < 1.29 is 4.92 Å². The van der Waals surface area contributed by atoms with Gasteiger partial charge in [0.2, 0.25) is 0 Å². The van der Waals surface area contributed by atoms with Crippen molar-refractivity contribution in [3.63, 3.8) is 0 Å². The van der Waals surface area contributed by atoms with Crippen LogP contribution in [0, 0.1) is 10.1 Å². The summed E-state index contributed by atoms with van der Waals surface area (Å²) >= 11 is 1.71. The van der Waals surface area contributed by atoms with Crippen LogP contribution >= 0.6 is 11.8 Å². The lowest BCUT2D eigenvalue weighted by molar-refractivity contribution is -0.384. The van der Waals surface area contributed by atoms with Crippen molar-refractivity contribution in [1.82, 2.24) is 5.32 Å². The molecule has 1 rings (SSSR count). The fraction of sp³-hybridized carbons (Fsp3) is 0.455. The normalized spacial score (nSPS) is 12.4. The molecule has 0 spiro atoms. The van der Waals surface area contributed by atoms with Crippen molar-refractivity contribution in [3.05, 3.63) is 34.4 Å². The molecule has 0 aliphatic rings. The summed E-state index contributed by atoms with van der Waals surface area (Å²) in [5.74, 6) is 0.977. The number of nitrogens with zero attached hydrogens (tertiary/aromatic N) is 1. The summed E-state index contributed by atoms with van der Waals surface area (Å²) in [4.78, 5) is 11.2. The quantitative estimate of drug-likeness (QED) is 0.472. The van der Waals surface area contributed by atoms with E-state index in [1.807, 2.05) is 7.05 Å². The summed E-state index contributed by atoms with van der Waals surface area (Å²) in [6.07, 6.45) is 1.08. The average Bonchev–Trinajstić information content (AvgIpc) is 2.31. The van der Waals surface area contributed by atoms with Gasteiger partial charge in [-0.15, -0.1) is 11.8 Å². The van der Waals surface area contributed by atoms with Gasteiger partial charge in [0.1, 0.15) is 0 Å². The summed E-state index contributed by atoms with van der Waals surface area (Å²) in [6, 6.07) is 7.17. The Bertz CT molecular complexity index is 336. The number of nitrogens with one attached hydrogen (secondary N) is 1. The van der Waals surface area contributed by atoms with Crippen LogP contribution in [0.25, 0.3) is 0 Å². The second-order valence-electron chi connectivity index (χ2n) is 3.46. The van der Waals surface area contributed by atoms with Gasteiger partial charge in [-0.3, -0.25) is 10.1 Å². The van der Waals surface area contributed by atoms with E-state index in [4.69, 9.17) is 0 Å². The molecule has 4 nitrogen and oxygen atoms in total. The predicted octanol–water partition coefficient (Wildman–Crippen LogP) is 2.68. The van der Waals surface area contributed by atoms with E-state index in [0.29, 0.717) is 6.04 Å². The largest absolute Gasteiger partial charge is 0.316 e. The molecule has 0 radical (unpaired) electrons. The standard InChI is InChI=1S/C11H16N2O2S/c1-3-9(12-2)8-16-11-6-4-10(5-7-11)13(14)15/h4-7,9,12H,3,8H2,1-2H3. The van der Waals surface area contributed by atoms with Crippen LogP contribution in [0.3, 0.4) is 0 Å². The molecule has 0 amide bonds. The maximum Gasteiger partial charge on any atom is 0.269 e. The van der Waals surface area contributed by atoms with E-state index in [0.717, 1.165) is 17.1 Å². The minimum Gasteiger partial charge on any atom is -0.316 e. The van der Waals surface area contributed by atoms with Crippen molar-refractivity contribution in [1.29, 1.82) is 0 Å². The molecule has 0 saturated carbocycles. The number of non-ortho nitro benzene ring substituents is 1. The molecule has 0 saturated heterocycles. The van der Waals surface area contributed by atoms with E-state index in [1.54, 1.807) is 36.0 Å². The minimum absolute atomic E-state index is 0.144. The lowest BCUT2D eigenvalue weighted by Gasteiger charge is -2.12. The zero-order valence-corrected chi connectivity index (χ0v) is 10.3. The third kappa shape index (κ3) is 3.83. The molecule has 5 heteroatoms. The number of nitro groups is 1. The zero-order valence-electron chi connectivity index (χ0n) is 9.47. The maximum absolute atomic E-state index is 10.5. The van der Waals surface area contributed by atoms with Gasteiger partial charge in [0.25, 0.3) is 5.69 Å². The summed E-state index contributed by atoms with van der Waals surface area (Å²) in [6.45, 7) is 2.14. The fourth-order valence-corrected chi connectivity index (χ4v) is 2.39. The van der Waals surface area contributed by atoms with Crippen LogP contribution in [0.15, 0.2) is 29.2 Å². The van der Waals surface area contributed by atoms with E-state index in [-0.39, 0.29) is 10.6 Å². The second kappa shape index (κ2) is 6.50. The molecule has 0 fully saturated rings. The number of thioether (sulfide) groups is 1. The summed E-state index contributed by atoms with van der Waals surface area (Å²) in [5, 5.41) is 13.7. The molecule has 1 aromatic carbocycles. The van der Waals surface area contributed by atoms with Crippen LogP contribution in [0.1, 0.15) is 13.3 Å². The number of nitro benzene ring substituents is 1. The highest BCUT2D eigenvalue weighted by molar-refractivity contribution is 7.99. The summed E-state index contributed by atoms with van der Waals surface area (Å²) in [7, 11) is 1.95. The monoisotopic (exact) mass is 240 g/mol. The Labute approximate surface area is 99.6 Å². The van der Waals surface area contributed by atoms with Gasteiger partial charge in [-0.2, -0.15) is 0 Å². The lowest BCUT2D eigenvalue weighted by atomic mass is 10.3. The van der Waals surface area contributed by atoms with E-state index >= 15 is 0 Å². The van der Waals surface area contributed by atoms with Crippen LogP contribution in [0.4, 0.5) is 5.69 Å². The topological polar surface area (TPSA) is 55.2 Å². The third-order valence-electron chi connectivity index (χ3n) is 2.40. The molecule has 88 valence electrons. The Morgan fingerprint density at radius 2 is 2.06 bits per heavy atom. The van der Waals surface area contributed by atoms with Gasteiger partial charge in [0.05, 0.1) is 4.92 Å². The number of hydrogen-bond donors (Lipinski definition) is 1. The van der Waals surface area contributed by atoms with Gasteiger partial charge in [0, 0.05) is 28.8 Å². The Balaban J connectivity index is 2.52. The average molecular weight is 240 g/mol. The van der Waals surface area contributed by atoms with Crippen molar-refractivity contribution in [2.24, 2.45) is 0 Å². The Morgan fingerprint density at radius 3 is 2.50 bits per heavy atom. The molecular formula is C11H16N2O2S. The Kier molecular flexibility index (Phi) is 5.28. The van der Waals surface area contributed by atoms with Crippen LogP contribution < -0.4 is 5.32 Å². The molecule has 0 aliphatic carbocycles. The third-order valence-corrected chi connectivity index (χ3v) is 3.57. The van der Waals surface area contributed by atoms with Gasteiger partial charge in [0.15, 0.2) is 0 Å². The van der Waals surface area contributed by atoms with Gasteiger partial charge >= 0.3 is 0 Å². The summed E-state index contributed by atoms with van der Waals surface area (Å²) in [5.41, 5.74) is 0.144. The molecule has 1 unspecified atom stereocenters. The highest BCUT2D eigenvalue weighted by Gasteiger charge is 2.06. The van der Waals surface area contributed by atoms with Crippen molar-refractivity contribution in [2.45, 2.75) is 24.3 Å². The second-order valence-corrected chi connectivity index (χ2v) is 4.55. The molecule has 1 atom stereocenters. The van der Waals surface area contributed by atoms with E-state index in [1.165, 1.54) is 0 Å². The van der Waals surface area contributed by atoms with Gasteiger partial charge in [-0.1, -0.05) is 6.92 Å². The minimum atomic E-state index is -0.378. The molecule has 1 N–H and O–H groups in total. The first kappa shape index (κ1) is 13.0. The van der Waals surface area contributed by atoms with Gasteiger partial charge in [-0.25, -0.2) is 0 Å². The van der Waals surface area contributed by atoms with Crippen molar-refractivity contribution in [2.75, 3.05) is 12.8 Å². The molecule has 0 aromatic heterocycles. The first-order valence-corrected chi connectivity index (χ1v) is 6.20. The fourth-order valence-electron chi connectivity index (χ4n) is 1.27. The lowest BCUT2D eigenvalue weighted by Crippen LogP contribution is -2.26. The number of rotatable bonds is 6. The smallest absolute Gasteiger partial charge is 0.269 e. The summed E-state index contributed by atoms with van der Waals surface area (Å²) < 4.78 is 0. The zero-order chi connectivity index (χ0) is 12.0. The Hall–Kier alpha value is -1.07. The van der Waals surface area contributed by atoms with Crippen LogP contribution in [-0.2, 0) is 0 Å². The van der Waals surface area contributed by atoms with E-state index < -0.39 is 0 Å². The van der Waals surface area contributed by atoms with Gasteiger partial charge in [-0.05, 0) is 25.6 Å². The number of benzene rings is 1.